The smallest absolute Gasteiger partial charge is 0.308 e. The van der Waals surface area contributed by atoms with Crippen molar-refractivity contribution in [2.75, 3.05) is 20.2 Å². The number of hydrogen-bond donors (Lipinski definition) is 0. The van der Waals surface area contributed by atoms with E-state index in [2.05, 4.69) is 4.98 Å². The van der Waals surface area contributed by atoms with Crippen LogP contribution in [-0.4, -0.2) is 46.5 Å². The van der Waals surface area contributed by atoms with Gasteiger partial charge in [-0.25, -0.2) is 9.37 Å². The Labute approximate surface area is 155 Å². The second-order valence-electron chi connectivity index (χ2n) is 6.40. The molecule has 142 valence electrons. The Hall–Kier alpha value is -3.03. The van der Waals surface area contributed by atoms with Crippen LogP contribution in [0.1, 0.15) is 12.8 Å². The molecule has 27 heavy (non-hydrogen) atoms. The van der Waals surface area contributed by atoms with E-state index in [1.165, 1.54) is 36.2 Å². The molecule has 2 heterocycles. The van der Waals surface area contributed by atoms with Crippen LogP contribution in [0.4, 0.5) is 4.39 Å². The van der Waals surface area contributed by atoms with Crippen molar-refractivity contribution >= 4 is 11.9 Å². The molecule has 0 unspecified atom stereocenters. The molecule has 0 N–H and O–H groups in total. The molecular weight excluding hydrogens is 353 g/mol. The monoisotopic (exact) mass is 373 g/mol. The number of rotatable bonds is 4. The lowest BCUT2D eigenvalue weighted by Crippen LogP contribution is -2.43. The summed E-state index contributed by atoms with van der Waals surface area (Å²) >= 11 is 0. The van der Waals surface area contributed by atoms with Gasteiger partial charge < -0.3 is 9.64 Å². The van der Waals surface area contributed by atoms with Crippen LogP contribution in [0.5, 0.6) is 0 Å². The molecule has 0 bridgehead atoms. The SMILES string of the molecule is COC(=O)C1CCN(C(=O)Cn2cnc(-c3ccccc3F)cc2=O)CC1. The molecule has 8 heteroatoms. The number of benzene rings is 1. The zero-order valence-corrected chi connectivity index (χ0v) is 14.9. The molecule has 0 radical (unpaired) electrons. The summed E-state index contributed by atoms with van der Waals surface area (Å²) in [7, 11) is 1.35. The predicted molar refractivity (Wildman–Crippen MR) is 95.2 cm³/mol. The number of likely N-dealkylation sites (tertiary alicyclic amines) is 1. The highest BCUT2D eigenvalue weighted by Crippen LogP contribution is 2.20. The number of amides is 1. The molecule has 3 rings (SSSR count). The van der Waals surface area contributed by atoms with Crippen LogP contribution in [0.15, 0.2) is 41.5 Å². The van der Waals surface area contributed by atoms with Crippen molar-refractivity contribution in [2.24, 2.45) is 5.92 Å². The molecule has 0 aliphatic carbocycles. The Morgan fingerprint density at radius 3 is 2.59 bits per heavy atom. The number of carbonyl (C=O) groups excluding carboxylic acids is 2. The van der Waals surface area contributed by atoms with E-state index >= 15 is 0 Å². The van der Waals surface area contributed by atoms with Gasteiger partial charge in [-0.1, -0.05) is 12.1 Å². The van der Waals surface area contributed by atoms with Crippen LogP contribution in [0.2, 0.25) is 0 Å². The lowest BCUT2D eigenvalue weighted by atomic mass is 9.97. The number of ether oxygens (including phenoxy) is 1. The molecule has 1 aromatic heterocycles. The first kappa shape index (κ1) is 18.8. The molecule has 1 amide bonds. The van der Waals surface area contributed by atoms with Gasteiger partial charge in [0.25, 0.3) is 5.56 Å². The largest absolute Gasteiger partial charge is 0.469 e. The summed E-state index contributed by atoms with van der Waals surface area (Å²) in [5, 5.41) is 0. The van der Waals surface area contributed by atoms with Crippen molar-refractivity contribution in [3.05, 3.63) is 52.8 Å². The average Bonchev–Trinajstić information content (AvgIpc) is 2.69. The van der Waals surface area contributed by atoms with Gasteiger partial charge in [0.05, 0.1) is 25.0 Å². The van der Waals surface area contributed by atoms with Gasteiger partial charge in [0.2, 0.25) is 5.91 Å². The quantitative estimate of drug-likeness (QED) is 0.758. The van der Waals surface area contributed by atoms with E-state index in [0.717, 1.165) is 0 Å². The molecule has 1 aliphatic heterocycles. The number of aromatic nitrogens is 2. The molecule has 0 spiro atoms. The number of halogens is 1. The Morgan fingerprint density at radius 1 is 1.26 bits per heavy atom. The zero-order chi connectivity index (χ0) is 19.4. The highest BCUT2D eigenvalue weighted by atomic mass is 19.1. The lowest BCUT2D eigenvalue weighted by Gasteiger charge is -2.30. The second-order valence-corrected chi connectivity index (χ2v) is 6.40. The van der Waals surface area contributed by atoms with Crippen molar-refractivity contribution in [3.8, 4) is 11.3 Å². The van der Waals surface area contributed by atoms with Gasteiger partial charge >= 0.3 is 5.97 Å². The number of carbonyl (C=O) groups is 2. The van der Waals surface area contributed by atoms with Gasteiger partial charge in [-0.15, -0.1) is 0 Å². The van der Waals surface area contributed by atoms with E-state index in [0.29, 0.717) is 25.9 Å². The van der Waals surface area contributed by atoms with Gasteiger partial charge in [0, 0.05) is 24.7 Å². The Kier molecular flexibility index (Phi) is 5.63. The predicted octanol–water partition coefficient (Wildman–Crippen LogP) is 1.46. The van der Waals surface area contributed by atoms with Crippen molar-refractivity contribution < 1.29 is 18.7 Å². The minimum absolute atomic E-state index is 0.147. The lowest BCUT2D eigenvalue weighted by molar-refractivity contribution is -0.149. The van der Waals surface area contributed by atoms with E-state index < -0.39 is 11.4 Å². The molecule has 1 aromatic carbocycles. The fraction of sp³-hybridized carbons (Fsp3) is 0.368. The topological polar surface area (TPSA) is 81.5 Å². The molecule has 1 fully saturated rings. The minimum atomic E-state index is -0.466. The molecule has 1 aliphatic rings. The standard InChI is InChI=1S/C19H20FN3O4/c1-27-19(26)13-6-8-22(9-7-13)18(25)11-23-12-21-16(10-17(23)24)14-4-2-3-5-15(14)20/h2-5,10,12-13H,6-9,11H2,1H3. The van der Waals surface area contributed by atoms with Crippen molar-refractivity contribution in [3.63, 3.8) is 0 Å². The van der Waals surface area contributed by atoms with Crippen LogP contribution in [0.3, 0.4) is 0 Å². The first-order valence-electron chi connectivity index (χ1n) is 8.66. The normalized spacial score (nSPS) is 14.8. The van der Waals surface area contributed by atoms with Crippen LogP contribution in [-0.2, 0) is 20.9 Å². The zero-order valence-electron chi connectivity index (χ0n) is 14.9. The number of hydrogen-bond acceptors (Lipinski definition) is 5. The fourth-order valence-electron chi connectivity index (χ4n) is 3.14. The first-order valence-corrected chi connectivity index (χ1v) is 8.66. The minimum Gasteiger partial charge on any atom is -0.469 e. The third-order valence-corrected chi connectivity index (χ3v) is 4.72. The van der Waals surface area contributed by atoms with E-state index in [9.17, 15) is 18.8 Å². The van der Waals surface area contributed by atoms with Gasteiger partial charge in [-0.3, -0.25) is 19.0 Å². The van der Waals surface area contributed by atoms with Gasteiger partial charge in [-0.2, -0.15) is 0 Å². The fourth-order valence-corrected chi connectivity index (χ4v) is 3.14. The average molecular weight is 373 g/mol. The summed E-state index contributed by atoms with van der Waals surface area (Å²) in [4.78, 5) is 42.0. The number of esters is 1. The van der Waals surface area contributed by atoms with Crippen LogP contribution in [0.25, 0.3) is 11.3 Å². The molecule has 0 saturated carbocycles. The molecule has 0 atom stereocenters. The Bertz CT molecular complexity index is 904. The van der Waals surface area contributed by atoms with E-state index in [4.69, 9.17) is 4.74 Å². The summed E-state index contributed by atoms with van der Waals surface area (Å²) in [6.07, 6.45) is 2.33. The Morgan fingerprint density at radius 2 is 1.96 bits per heavy atom. The van der Waals surface area contributed by atoms with Crippen molar-refractivity contribution in [2.45, 2.75) is 19.4 Å². The van der Waals surface area contributed by atoms with E-state index in [1.807, 2.05) is 0 Å². The van der Waals surface area contributed by atoms with Gasteiger partial charge in [-0.05, 0) is 25.0 Å². The maximum Gasteiger partial charge on any atom is 0.308 e. The second kappa shape index (κ2) is 8.11. The number of piperidine rings is 1. The van der Waals surface area contributed by atoms with Crippen molar-refractivity contribution in [1.29, 1.82) is 0 Å². The highest BCUT2D eigenvalue weighted by Gasteiger charge is 2.28. The molecule has 7 nitrogen and oxygen atoms in total. The van der Waals surface area contributed by atoms with Gasteiger partial charge in [0.15, 0.2) is 0 Å². The third kappa shape index (κ3) is 4.21. The van der Waals surface area contributed by atoms with Crippen LogP contribution in [0, 0.1) is 11.7 Å². The maximum absolute atomic E-state index is 13.8. The maximum atomic E-state index is 13.8. The summed E-state index contributed by atoms with van der Waals surface area (Å²) in [5.74, 6) is -1.14. The summed E-state index contributed by atoms with van der Waals surface area (Å²) in [6, 6.07) is 7.27. The van der Waals surface area contributed by atoms with Crippen LogP contribution < -0.4 is 5.56 Å². The summed E-state index contributed by atoms with van der Waals surface area (Å²) in [6.45, 7) is 0.731. The van der Waals surface area contributed by atoms with E-state index in [-0.39, 0.29) is 35.6 Å². The number of nitrogens with zero attached hydrogens (tertiary/aromatic N) is 3. The van der Waals surface area contributed by atoms with Crippen LogP contribution >= 0.6 is 0 Å². The first-order chi connectivity index (χ1) is 13.0. The molecule has 1 saturated heterocycles. The summed E-state index contributed by atoms with van der Waals surface area (Å²) in [5.41, 5.74) is 0.0275. The summed E-state index contributed by atoms with van der Waals surface area (Å²) < 4.78 is 19.8. The van der Waals surface area contributed by atoms with E-state index in [1.54, 1.807) is 17.0 Å². The highest BCUT2D eigenvalue weighted by molar-refractivity contribution is 5.77. The number of methoxy groups -OCH3 is 1. The van der Waals surface area contributed by atoms with Gasteiger partial charge in [0.1, 0.15) is 12.4 Å². The Balaban J connectivity index is 1.66. The third-order valence-electron chi connectivity index (χ3n) is 4.72. The van der Waals surface area contributed by atoms with Crippen molar-refractivity contribution in [1.82, 2.24) is 14.5 Å². The molecule has 2 aromatic rings. The molecular formula is C19H20FN3O4.